The number of ether oxygens (including phenoxy) is 2. The van der Waals surface area contributed by atoms with E-state index in [1.807, 2.05) is 42.2 Å². The second kappa shape index (κ2) is 8.82. The van der Waals surface area contributed by atoms with Gasteiger partial charge in [-0.2, -0.15) is 0 Å². The molecule has 2 aliphatic rings. The molecule has 2 heterocycles. The molecule has 0 spiro atoms. The molecule has 0 aliphatic carbocycles. The van der Waals surface area contributed by atoms with Crippen molar-refractivity contribution in [1.29, 1.82) is 0 Å². The lowest BCUT2D eigenvalue weighted by Crippen LogP contribution is -2.62. The Balaban J connectivity index is 1.63. The number of benzene rings is 1. The molecule has 148 valence electrons. The highest BCUT2D eigenvalue weighted by Gasteiger charge is 2.51. The van der Waals surface area contributed by atoms with E-state index in [4.69, 9.17) is 9.47 Å². The number of carbonyl (C=O) groups is 2. The van der Waals surface area contributed by atoms with Gasteiger partial charge in [-0.3, -0.25) is 14.5 Å². The molecule has 1 aromatic carbocycles. The number of fused-ring (bicyclic) bond motifs is 1. The van der Waals surface area contributed by atoms with E-state index >= 15 is 0 Å². The molecule has 4 unspecified atom stereocenters. The van der Waals surface area contributed by atoms with E-state index in [-0.39, 0.29) is 25.4 Å². The molecule has 1 aromatic rings. The van der Waals surface area contributed by atoms with E-state index in [9.17, 15) is 19.8 Å². The Labute approximate surface area is 158 Å². The van der Waals surface area contributed by atoms with Crippen molar-refractivity contribution < 1.29 is 29.3 Å². The number of rotatable bonds is 6. The van der Waals surface area contributed by atoms with Gasteiger partial charge >= 0.3 is 11.9 Å². The first-order valence-electron chi connectivity index (χ1n) is 9.52. The molecular weight excluding hydrogens is 350 g/mol. The number of nitrogens with zero attached hydrogens (tertiary/aromatic N) is 1. The quantitative estimate of drug-likeness (QED) is 0.703. The molecule has 7 heteroatoms. The topological polar surface area (TPSA) is 96.3 Å². The van der Waals surface area contributed by atoms with Gasteiger partial charge in [0.15, 0.2) is 6.10 Å². The van der Waals surface area contributed by atoms with Crippen molar-refractivity contribution in [3.05, 3.63) is 35.9 Å². The summed E-state index contributed by atoms with van der Waals surface area (Å²) in [6.45, 7) is 2.74. The number of aliphatic hydroxyl groups is 2. The van der Waals surface area contributed by atoms with Gasteiger partial charge in [0.05, 0.1) is 12.5 Å². The maximum Gasteiger partial charge on any atom is 0.310 e. The fraction of sp³-hybridized carbons (Fsp3) is 0.600. The van der Waals surface area contributed by atoms with Crippen LogP contribution in [0.25, 0.3) is 0 Å². The van der Waals surface area contributed by atoms with Crippen LogP contribution in [-0.2, 0) is 25.5 Å². The SMILES string of the molecule is CCCC(=O)OC1C(O)CN2CC[C@H](OC(=O)Cc3ccccc3)C2C1O. The fourth-order valence-corrected chi connectivity index (χ4v) is 3.93. The van der Waals surface area contributed by atoms with Gasteiger partial charge in [0, 0.05) is 19.5 Å². The summed E-state index contributed by atoms with van der Waals surface area (Å²) in [6, 6.07) is 8.85. The predicted molar refractivity (Wildman–Crippen MR) is 96.8 cm³/mol. The molecule has 27 heavy (non-hydrogen) atoms. The Morgan fingerprint density at radius 2 is 1.89 bits per heavy atom. The molecular formula is C20H27NO6. The summed E-state index contributed by atoms with van der Waals surface area (Å²) in [5.41, 5.74) is 0.864. The largest absolute Gasteiger partial charge is 0.460 e. The predicted octanol–water partition coefficient (Wildman–Crippen LogP) is 0.662. The highest BCUT2D eigenvalue weighted by Crippen LogP contribution is 2.32. The zero-order chi connectivity index (χ0) is 19.4. The lowest BCUT2D eigenvalue weighted by molar-refractivity contribution is -0.188. The van der Waals surface area contributed by atoms with Gasteiger partial charge in [-0.1, -0.05) is 37.3 Å². The average molecular weight is 377 g/mol. The highest BCUT2D eigenvalue weighted by molar-refractivity contribution is 5.72. The van der Waals surface area contributed by atoms with Crippen molar-refractivity contribution in [1.82, 2.24) is 4.90 Å². The molecule has 2 N–H and O–H groups in total. The molecule has 2 saturated heterocycles. The van der Waals surface area contributed by atoms with Gasteiger partial charge in [-0.15, -0.1) is 0 Å². The molecule has 0 bridgehead atoms. The first kappa shape index (κ1) is 19.8. The highest BCUT2D eigenvalue weighted by atomic mass is 16.6. The number of hydrogen-bond donors (Lipinski definition) is 2. The normalized spacial score (nSPS) is 30.6. The maximum atomic E-state index is 12.3. The lowest BCUT2D eigenvalue weighted by Gasteiger charge is -2.42. The fourth-order valence-electron chi connectivity index (χ4n) is 3.93. The van der Waals surface area contributed by atoms with Crippen LogP contribution in [0.15, 0.2) is 30.3 Å². The summed E-state index contributed by atoms with van der Waals surface area (Å²) in [6.07, 6.45) is -1.95. The van der Waals surface area contributed by atoms with Crippen molar-refractivity contribution in [2.75, 3.05) is 13.1 Å². The first-order valence-corrected chi connectivity index (χ1v) is 9.52. The Kier molecular flexibility index (Phi) is 6.46. The Bertz CT molecular complexity index is 651. The molecule has 0 aromatic heterocycles. The van der Waals surface area contributed by atoms with Gasteiger partial charge < -0.3 is 19.7 Å². The first-order chi connectivity index (χ1) is 13.0. The Morgan fingerprint density at radius 3 is 2.59 bits per heavy atom. The molecule has 2 fully saturated rings. The van der Waals surface area contributed by atoms with Gasteiger partial charge in [-0.25, -0.2) is 0 Å². The summed E-state index contributed by atoms with van der Waals surface area (Å²) in [7, 11) is 0. The van der Waals surface area contributed by atoms with Gasteiger partial charge in [0.1, 0.15) is 18.3 Å². The van der Waals surface area contributed by atoms with Gasteiger partial charge in [0.2, 0.25) is 0 Å². The van der Waals surface area contributed by atoms with Crippen LogP contribution in [0, 0.1) is 0 Å². The van der Waals surface area contributed by atoms with Crippen LogP contribution < -0.4 is 0 Å². The van der Waals surface area contributed by atoms with Crippen LogP contribution >= 0.6 is 0 Å². The van der Waals surface area contributed by atoms with Crippen LogP contribution in [0.2, 0.25) is 0 Å². The zero-order valence-electron chi connectivity index (χ0n) is 15.5. The third kappa shape index (κ3) is 4.66. The lowest BCUT2D eigenvalue weighted by atomic mass is 9.92. The summed E-state index contributed by atoms with van der Waals surface area (Å²) in [5, 5.41) is 21.0. The minimum Gasteiger partial charge on any atom is -0.460 e. The maximum absolute atomic E-state index is 12.3. The number of aliphatic hydroxyl groups excluding tert-OH is 2. The monoisotopic (exact) mass is 377 g/mol. The van der Waals surface area contributed by atoms with E-state index in [0.29, 0.717) is 19.4 Å². The van der Waals surface area contributed by atoms with Gasteiger partial charge in [0.25, 0.3) is 0 Å². The minimum atomic E-state index is -1.11. The standard InChI is InChI=1S/C20H27NO6/c1-2-6-16(23)27-20-14(22)12-21-10-9-15(18(21)19(20)25)26-17(24)11-13-7-4-3-5-8-13/h3-5,7-8,14-15,18-20,22,25H,2,6,9-12H2,1H3/t14?,15-,18?,19?,20?/m0/s1. The molecule has 7 nitrogen and oxygen atoms in total. The number of hydrogen-bond acceptors (Lipinski definition) is 7. The van der Waals surface area contributed by atoms with Crippen LogP contribution in [0.3, 0.4) is 0 Å². The summed E-state index contributed by atoms with van der Waals surface area (Å²) in [4.78, 5) is 26.0. The van der Waals surface area contributed by atoms with E-state index in [0.717, 1.165) is 5.56 Å². The molecule has 3 rings (SSSR count). The van der Waals surface area contributed by atoms with E-state index in [1.165, 1.54) is 0 Å². The van der Waals surface area contributed by atoms with E-state index < -0.39 is 36.4 Å². The number of carbonyl (C=O) groups excluding carboxylic acids is 2. The van der Waals surface area contributed by atoms with Crippen LogP contribution in [0.1, 0.15) is 31.7 Å². The second-order valence-electron chi connectivity index (χ2n) is 7.23. The van der Waals surface area contributed by atoms with Crippen molar-refractivity contribution in [2.24, 2.45) is 0 Å². The Hall–Kier alpha value is -1.96. The minimum absolute atomic E-state index is 0.164. The van der Waals surface area contributed by atoms with Gasteiger partial charge in [-0.05, 0) is 18.4 Å². The molecule has 2 aliphatic heterocycles. The molecule has 0 radical (unpaired) electrons. The smallest absolute Gasteiger partial charge is 0.310 e. The summed E-state index contributed by atoms with van der Waals surface area (Å²) in [5.74, 6) is -0.796. The van der Waals surface area contributed by atoms with Crippen molar-refractivity contribution in [2.45, 2.75) is 63.1 Å². The van der Waals surface area contributed by atoms with Crippen LogP contribution in [-0.4, -0.2) is 70.6 Å². The van der Waals surface area contributed by atoms with Crippen LogP contribution in [0.4, 0.5) is 0 Å². The van der Waals surface area contributed by atoms with Crippen molar-refractivity contribution in [3.8, 4) is 0 Å². The Morgan fingerprint density at radius 1 is 1.15 bits per heavy atom. The molecule has 0 amide bonds. The van der Waals surface area contributed by atoms with E-state index in [2.05, 4.69) is 0 Å². The number of esters is 2. The number of piperidine rings is 1. The molecule has 0 saturated carbocycles. The summed E-state index contributed by atoms with van der Waals surface area (Å²) < 4.78 is 10.9. The van der Waals surface area contributed by atoms with Crippen molar-refractivity contribution in [3.63, 3.8) is 0 Å². The summed E-state index contributed by atoms with van der Waals surface area (Å²) >= 11 is 0. The third-order valence-electron chi connectivity index (χ3n) is 5.19. The van der Waals surface area contributed by atoms with Crippen LogP contribution in [0.5, 0.6) is 0 Å². The average Bonchev–Trinajstić information content (AvgIpc) is 3.02. The second-order valence-corrected chi connectivity index (χ2v) is 7.23. The third-order valence-corrected chi connectivity index (χ3v) is 5.19. The molecule has 5 atom stereocenters. The van der Waals surface area contributed by atoms with E-state index in [1.54, 1.807) is 0 Å². The van der Waals surface area contributed by atoms with Crippen molar-refractivity contribution >= 4 is 11.9 Å². The zero-order valence-corrected chi connectivity index (χ0v) is 15.5.